The minimum Gasteiger partial charge on any atom is -0.311 e. The topological polar surface area (TPSA) is 30.7 Å². The molecular weight excluding hydrogens is 182 g/mol. The van der Waals surface area contributed by atoms with Crippen LogP contribution in [0.5, 0.6) is 0 Å². The van der Waals surface area contributed by atoms with E-state index in [4.69, 9.17) is 0 Å². The summed E-state index contributed by atoms with van der Waals surface area (Å²) in [5.41, 5.74) is 0.0722. The van der Waals surface area contributed by atoms with E-state index in [0.717, 1.165) is 5.82 Å². The molecule has 1 heterocycles. The Kier molecular flexibility index (Phi) is 3.01. The number of nitrogens with zero attached hydrogens (tertiary/aromatic N) is 3. The van der Waals surface area contributed by atoms with E-state index >= 15 is 0 Å². The van der Waals surface area contributed by atoms with Crippen molar-refractivity contribution in [3.8, 4) is 0 Å². The lowest BCUT2D eigenvalue weighted by Gasteiger charge is -2.23. The van der Waals surface area contributed by atoms with Crippen LogP contribution in [0.1, 0.15) is 38.8 Å². The fourth-order valence-electron chi connectivity index (χ4n) is 1.14. The highest BCUT2D eigenvalue weighted by atomic mass is 32.2. The molecule has 0 N–H and O–H groups in total. The Morgan fingerprint density at radius 2 is 2.08 bits per heavy atom. The van der Waals surface area contributed by atoms with Gasteiger partial charge >= 0.3 is 0 Å². The third-order valence-electron chi connectivity index (χ3n) is 2.01. The molecule has 0 saturated heterocycles. The molecule has 0 radical (unpaired) electrons. The Hall–Kier alpha value is -0.510. The van der Waals surface area contributed by atoms with Gasteiger partial charge in [-0.3, -0.25) is 0 Å². The first kappa shape index (κ1) is 10.6. The molecule has 0 aliphatic rings. The molecule has 13 heavy (non-hydrogen) atoms. The Bertz CT molecular complexity index is 275. The average Bonchev–Trinajstić information content (AvgIpc) is 2.49. The fraction of sp³-hybridized carbons (Fsp3) is 0.778. The largest absolute Gasteiger partial charge is 0.311 e. The Morgan fingerprint density at radius 1 is 1.46 bits per heavy atom. The molecule has 0 saturated carbocycles. The average molecular weight is 199 g/mol. The Balaban J connectivity index is 3.03. The maximum Gasteiger partial charge on any atom is 0.146 e. The molecular formula is C9H17N3S. The van der Waals surface area contributed by atoms with Crippen LogP contribution in [0.3, 0.4) is 0 Å². The van der Waals surface area contributed by atoms with Gasteiger partial charge in [-0.05, 0) is 34.0 Å². The van der Waals surface area contributed by atoms with Crippen molar-refractivity contribution in [1.82, 2.24) is 14.8 Å². The molecule has 0 aromatic carbocycles. The van der Waals surface area contributed by atoms with Crippen LogP contribution in [0.15, 0.2) is 6.33 Å². The van der Waals surface area contributed by atoms with E-state index in [2.05, 4.69) is 48.7 Å². The van der Waals surface area contributed by atoms with Crippen molar-refractivity contribution in [3.63, 3.8) is 0 Å². The van der Waals surface area contributed by atoms with Gasteiger partial charge in [0.25, 0.3) is 0 Å². The molecule has 0 aliphatic heterocycles. The molecule has 0 spiro atoms. The third-order valence-corrected chi connectivity index (χ3v) is 2.93. The number of hydrogen-bond acceptors (Lipinski definition) is 3. The van der Waals surface area contributed by atoms with E-state index in [9.17, 15) is 0 Å². The van der Waals surface area contributed by atoms with Gasteiger partial charge in [-0.1, -0.05) is 0 Å². The molecule has 0 bridgehead atoms. The Labute approximate surface area is 83.9 Å². The number of rotatable bonds is 2. The van der Waals surface area contributed by atoms with Crippen molar-refractivity contribution in [2.75, 3.05) is 6.26 Å². The molecule has 3 nitrogen and oxygen atoms in total. The molecule has 0 aliphatic carbocycles. The lowest BCUT2D eigenvalue weighted by molar-refractivity contribution is 0.382. The maximum atomic E-state index is 4.15. The fourth-order valence-corrected chi connectivity index (χ4v) is 1.51. The standard InChI is InChI=1S/C9H17N3S/c1-7(13-5)8-11-10-6-12(8)9(2,3)4/h6-7H,1-5H3. The van der Waals surface area contributed by atoms with E-state index in [1.165, 1.54) is 0 Å². The zero-order valence-corrected chi connectivity index (χ0v) is 9.72. The molecule has 1 rings (SSSR count). The van der Waals surface area contributed by atoms with E-state index < -0.39 is 0 Å². The molecule has 0 amide bonds. The van der Waals surface area contributed by atoms with Crippen LogP contribution in [-0.4, -0.2) is 21.0 Å². The number of thioether (sulfide) groups is 1. The van der Waals surface area contributed by atoms with Crippen LogP contribution < -0.4 is 0 Å². The molecule has 1 aromatic heterocycles. The van der Waals surface area contributed by atoms with E-state index in [0.29, 0.717) is 5.25 Å². The summed E-state index contributed by atoms with van der Waals surface area (Å²) in [5, 5.41) is 8.51. The second-order valence-corrected chi connectivity index (χ2v) is 5.29. The zero-order valence-electron chi connectivity index (χ0n) is 8.90. The quantitative estimate of drug-likeness (QED) is 0.733. The van der Waals surface area contributed by atoms with Crippen LogP contribution in [0.2, 0.25) is 0 Å². The van der Waals surface area contributed by atoms with Gasteiger partial charge in [0.2, 0.25) is 0 Å². The summed E-state index contributed by atoms with van der Waals surface area (Å²) in [6.07, 6.45) is 3.90. The summed E-state index contributed by atoms with van der Waals surface area (Å²) in [6, 6.07) is 0. The summed E-state index contributed by atoms with van der Waals surface area (Å²) in [5.74, 6) is 1.06. The van der Waals surface area contributed by atoms with Crippen LogP contribution in [0.25, 0.3) is 0 Å². The lowest BCUT2D eigenvalue weighted by Crippen LogP contribution is -2.23. The van der Waals surface area contributed by atoms with Crippen molar-refractivity contribution >= 4 is 11.8 Å². The number of aromatic nitrogens is 3. The highest BCUT2D eigenvalue weighted by molar-refractivity contribution is 7.98. The first-order valence-corrected chi connectivity index (χ1v) is 5.69. The first-order valence-electron chi connectivity index (χ1n) is 4.40. The van der Waals surface area contributed by atoms with Gasteiger partial charge in [0, 0.05) is 5.54 Å². The summed E-state index contributed by atoms with van der Waals surface area (Å²) < 4.78 is 2.13. The van der Waals surface area contributed by atoms with E-state index in [-0.39, 0.29) is 5.54 Å². The minimum atomic E-state index is 0.0722. The van der Waals surface area contributed by atoms with Crippen LogP contribution >= 0.6 is 11.8 Å². The van der Waals surface area contributed by atoms with E-state index in [1.807, 2.05) is 6.33 Å². The van der Waals surface area contributed by atoms with Gasteiger partial charge < -0.3 is 4.57 Å². The predicted octanol–water partition coefficient (Wildman–Crippen LogP) is 2.46. The van der Waals surface area contributed by atoms with Gasteiger partial charge in [-0.15, -0.1) is 10.2 Å². The molecule has 0 fully saturated rings. The van der Waals surface area contributed by atoms with Crippen LogP contribution in [-0.2, 0) is 5.54 Å². The van der Waals surface area contributed by atoms with Crippen molar-refractivity contribution < 1.29 is 0 Å². The summed E-state index contributed by atoms with van der Waals surface area (Å²) in [4.78, 5) is 0. The van der Waals surface area contributed by atoms with E-state index in [1.54, 1.807) is 11.8 Å². The van der Waals surface area contributed by atoms with Gasteiger partial charge in [0.1, 0.15) is 12.2 Å². The molecule has 1 aromatic rings. The van der Waals surface area contributed by atoms with Crippen molar-refractivity contribution in [1.29, 1.82) is 0 Å². The van der Waals surface area contributed by atoms with Gasteiger partial charge in [-0.25, -0.2) is 0 Å². The molecule has 1 unspecified atom stereocenters. The van der Waals surface area contributed by atoms with Gasteiger partial charge in [0.15, 0.2) is 0 Å². The third kappa shape index (κ3) is 2.24. The summed E-state index contributed by atoms with van der Waals surface area (Å²) >= 11 is 1.79. The lowest BCUT2D eigenvalue weighted by atomic mass is 10.1. The second kappa shape index (κ2) is 3.70. The van der Waals surface area contributed by atoms with Crippen molar-refractivity contribution in [3.05, 3.63) is 12.2 Å². The zero-order chi connectivity index (χ0) is 10.1. The summed E-state index contributed by atoms with van der Waals surface area (Å²) in [7, 11) is 0. The minimum absolute atomic E-state index is 0.0722. The SMILES string of the molecule is CSC(C)c1nncn1C(C)(C)C. The van der Waals surface area contributed by atoms with Crippen LogP contribution in [0, 0.1) is 0 Å². The molecule has 4 heteroatoms. The first-order chi connectivity index (χ1) is 5.96. The van der Waals surface area contributed by atoms with Crippen molar-refractivity contribution in [2.24, 2.45) is 0 Å². The van der Waals surface area contributed by atoms with Crippen LogP contribution in [0.4, 0.5) is 0 Å². The maximum absolute atomic E-state index is 4.15. The highest BCUT2D eigenvalue weighted by Crippen LogP contribution is 2.27. The van der Waals surface area contributed by atoms with Gasteiger partial charge in [-0.2, -0.15) is 11.8 Å². The number of hydrogen-bond donors (Lipinski definition) is 0. The van der Waals surface area contributed by atoms with Crippen molar-refractivity contribution in [2.45, 2.75) is 38.5 Å². The Morgan fingerprint density at radius 3 is 2.54 bits per heavy atom. The highest BCUT2D eigenvalue weighted by Gasteiger charge is 2.20. The predicted molar refractivity (Wildman–Crippen MR) is 56.9 cm³/mol. The molecule has 74 valence electrons. The second-order valence-electron chi connectivity index (χ2n) is 4.11. The van der Waals surface area contributed by atoms with Gasteiger partial charge in [0.05, 0.1) is 5.25 Å². The summed E-state index contributed by atoms with van der Waals surface area (Å²) in [6.45, 7) is 8.63. The monoisotopic (exact) mass is 199 g/mol. The normalized spacial score (nSPS) is 14.5. The molecule has 1 atom stereocenters. The smallest absolute Gasteiger partial charge is 0.146 e.